The first-order chi connectivity index (χ1) is 6.43. The molecule has 0 aliphatic carbocycles. The Morgan fingerprint density at radius 1 is 1.57 bits per heavy atom. The Morgan fingerprint density at radius 3 is 2.57 bits per heavy atom. The summed E-state index contributed by atoms with van der Waals surface area (Å²) >= 11 is 2.68. The average Bonchev–Trinajstić information content (AvgIpc) is 2.08. The molecule has 1 aromatic heterocycles. The van der Waals surface area contributed by atoms with Crippen molar-refractivity contribution in [2.75, 3.05) is 0 Å². The Kier molecular flexibility index (Phi) is 3.10. The third-order valence-electron chi connectivity index (χ3n) is 1.39. The smallest absolute Gasteiger partial charge is 0.280 e. The number of nitrogens with zero attached hydrogens (tertiary/aromatic N) is 1. The molecular weight excluding hydrogens is 265 g/mol. The minimum Gasteiger partial charge on any atom is -0.364 e. The highest BCUT2D eigenvalue weighted by atomic mass is 79.9. The van der Waals surface area contributed by atoms with Crippen molar-refractivity contribution in [2.24, 2.45) is 5.73 Å². The van der Waals surface area contributed by atoms with Crippen LogP contribution in [0.1, 0.15) is 22.6 Å². The molecule has 0 aliphatic heterocycles. The number of rotatable bonds is 2. The lowest BCUT2D eigenvalue weighted by Crippen LogP contribution is -2.16. The Hall–Kier alpha value is -1.11. The molecule has 0 saturated carbocycles. The van der Waals surface area contributed by atoms with Gasteiger partial charge in [0.15, 0.2) is 11.5 Å². The fourth-order valence-electron chi connectivity index (χ4n) is 0.792. The van der Waals surface area contributed by atoms with E-state index in [1.165, 1.54) is 0 Å². The van der Waals surface area contributed by atoms with Gasteiger partial charge in [-0.25, -0.2) is 18.2 Å². The lowest BCUT2D eigenvalue weighted by molar-refractivity contribution is 0.0988. The summed E-state index contributed by atoms with van der Waals surface area (Å²) in [5.74, 6) is -2.23. The van der Waals surface area contributed by atoms with Crippen LogP contribution in [0.25, 0.3) is 0 Å². The number of amides is 1. The number of carbonyl (C=O) groups is 1. The SMILES string of the molecule is NC(=O)c1nc(C(F)F)cc(Br)c1F. The summed E-state index contributed by atoms with van der Waals surface area (Å²) in [7, 11) is 0. The number of alkyl halides is 2. The minimum absolute atomic E-state index is 0.267. The van der Waals surface area contributed by atoms with Crippen molar-refractivity contribution in [1.82, 2.24) is 4.98 Å². The summed E-state index contributed by atoms with van der Waals surface area (Å²) in [5, 5.41) is 0. The largest absolute Gasteiger partial charge is 0.364 e. The summed E-state index contributed by atoms with van der Waals surface area (Å²) in [6.07, 6.45) is -2.88. The van der Waals surface area contributed by atoms with Gasteiger partial charge in [0.05, 0.1) is 4.47 Å². The number of pyridine rings is 1. The van der Waals surface area contributed by atoms with E-state index in [1.54, 1.807) is 0 Å². The van der Waals surface area contributed by atoms with Crippen LogP contribution in [0.3, 0.4) is 0 Å². The van der Waals surface area contributed by atoms with Gasteiger partial charge in [0.25, 0.3) is 12.3 Å². The first-order valence-electron chi connectivity index (χ1n) is 3.37. The average molecular weight is 269 g/mol. The number of hydrogen-bond acceptors (Lipinski definition) is 2. The van der Waals surface area contributed by atoms with Crippen molar-refractivity contribution >= 4 is 21.8 Å². The standard InChI is InChI=1S/C7H4BrF3N2O/c8-2-1-3(6(10)11)13-5(4(2)9)7(12)14/h1,6H,(H2,12,14). The van der Waals surface area contributed by atoms with Crippen LogP contribution < -0.4 is 5.73 Å². The van der Waals surface area contributed by atoms with Crippen molar-refractivity contribution < 1.29 is 18.0 Å². The van der Waals surface area contributed by atoms with Gasteiger partial charge in [0, 0.05) is 0 Å². The molecule has 0 fully saturated rings. The molecule has 0 spiro atoms. The van der Waals surface area contributed by atoms with Gasteiger partial charge in [-0.15, -0.1) is 0 Å². The maximum Gasteiger partial charge on any atom is 0.280 e. The highest BCUT2D eigenvalue weighted by Gasteiger charge is 2.19. The number of primary amides is 1. The van der Waals surface area contributed by atoms with Gasteiger partial charge in [-0.3, -0.25) is 4.79 Å². The number of aromatic nitrogens is 1. The molecular formula is C7H4BrF3N2O. The number of carbonyl (C=O) groups excluding carboxylic acids is 1. The van der Waals surface area contributed by atoms with Crippen molar-refractivity contribution in [1.29, 1.82) is 0 Å². The van der Waals surface area contributed by atoms with Gasteiger partial charge in [-0.2, -0.15) is 0 Å². The quantitative estimate of drug-likeness (QED) is 0.892. The molecule has 0 aromatic carbocycles. The zero-order valence-corrected chi connectivity index (χ0v) is 8.19. The molecule has 0 bridgehead atoms. The van der Waals surface area contributed by atoms with Crippen molar-refractivity contribution in [3.8, 4) is 0 Å². The monoisotopic (exact) mass is 268 g/mol. The van der Waals surface area contributed by atoms with Gasteiger partial charge in [0.1, 0.15) is 5.69 Å². The third kappa shape index (κ3) is 2.03. The van der Waals surface area contributed by atoms with Gasteiger partial charge >= 0.3 is 0 Å². The summed E-state index contributed by atoms with van der Waals surface area (Å²) in [6, 6.07) is 0.798. The highest BCUT2D eigenvalue weighted by molar-refractivity contribution is 9.10. The van der Waals surface area contributed by atoms with Gasteiger partial charge < -0.3 is 5.73 Å². The van der Waals surface area contributed by atoms with Crippen LogP contribution >= 0.6 is 15.9 Å². The topological polar surface area (TPSA) is 56.0 Å². The molecule has 1 aromatic rings. The van der Waals surface area contributed by atoms with E-state index in [9.17, 15) is 18.0 Å². The molecule has 76 valence electrons. The summed E-state index contributed by atoms with van der Waals surface area (Å²) < 4.78 is 37.1. The lowest BCUT2D eigenvalue weighted by Gasteiger charge is -2.04. The molecule has 0 atom stereocenters. The van der Waals surface area contributed by atoms with E-state index in [-0.39, 0.29) is 4.47 Å². The fraction of sp³-hybridized carbons (Fsp3) is 0.143. The van der Waals surface area contributed by atoms with E-state index in [1.807, 2.05) is 0 Å². The molecule has 7 heteroatoms. The van der Waals surface area contributed by atoms with E-state index in [0.29, 0.717) is 0 Å². The van der Waals surface area contributed by atoms with E-state index < -0.39 is 29.5 Å². The fourth-order valence-corrected chi connectivity index (χ4v) is 1.21. The Balaban J connectivity index is 3.35. The predicted octanol–water partition coefficient (Wildman–Crippen LogP) is 2.02. The van der Waals surface area contributed by atoms with E-state index in [2.05, 4.69) is 20.9 Å². The van der Waals surface area contributed by atoms with Gasteiger partial charge in [-0.05, 0) is 22.0 Å². The molecule has 0 saturated heterocycles. The van der Waals surface area contributed by atoms with Crippen LogP contribution in [0.5, 0.6) is 0 Å². The van der Waals surface area contributed by atoms with Crippen LogP contribution in [0, 0.1) is 5.82 Å². The predicted molar refractivity (Wildman–Crippen MR) is 45.4 cm³/mol. The van der Waals surface area contributed by atoms with Crippen LogP contribution in [0.2, 0.25) is 0 Å². The molecule has 2 N–H and O–H groups in total. The highest BCUT2D eigenvalue weighted by Crippen LogP contribution is 2.24. The van der Waals surface area contributed by atoms with Crippen LogP contribution in [-0.4, -0.2) is 10.9 Å². The van der Waals surface area contributed by atoms with Crippen LogP contribution in [-0.2, 0) is 0 Å². The number of nitrogens with two attached hydrogens (primary N) is 1. The Morgan fingerprint density at radius 2 is 2.14 bits per heavy atom. The maximum absolute atomic E-state index is 13.0. The van der Waals surface area contributed by atoms with Crippen molar-refractivity contribution in [2.45, 2.75) is 6.43 Å². The molecule has 0 radical (unpaired) electrons. The molecule has 1 amide bonds. The molecule has 14 heavy (non-hydrogen) atoms. The Bertz CT molecular complexity index is 383. The number of hydrogen-bond donors (Lipinski definition) is 1. The summed E-state index contributed by atoms with van der Waals surface area (Å²) in [6.45, 7) is 0. The maximum atomic E-state index is 13.0. The molecule has 1 rings (SSSR count). The van der Waals surface area contributed by atoms with E-state index in [0.717, 1.165) is 6.07 Å². The third-order valence-corrected chi connectivity index (χ3v) is 1.97. The number of halogens is 4. The molecule has 0 unspecified atom stereocenters. The molecule has 0 aliphatic rings. The second kappa shape index (κ2) is 3.95. The van der Waals surface area contributed by atoms with E-state index in [4.69, 9.17) is 5.73 Å². The zero-order valence-electron chi connectivity index (χ0n) is 6.60. The van der Waals surface area contributed by atoms with Gasteiger partial charge in [0.2, 0.25) is 0 Å². The van der Waals surface area contributed by atoms with Crippen molar-refractivity contribution in [3.63, 3.8) is 0 Å². The van der Waals surface area contributed by atoms with E-state index >= 15 is 0 Å². The molecule has 3 nitrogen and oxygen atoms in total. The first-order valence-corrected chi connectivity index (χ1v) is 4.16. The van der Waals surface area contributed by atoms with Crippen LogP contribution in [0.4, 0.5) is 13.2 Å². The second-order valence-electron chi connectivity index (χ2n) is 2.36. The molecule has 1 heterocycles. The summed E-state index contributed by atoms with van der Waals surface area (Å²) in [4.78, 5) is 13.7. The minimum atomic E-state index is -2.88. The van der Waals surface area contributed by atoms with Gasteiger partial charge in [-0.1, -0.05) is 0 Å². The Labute approximate surface area is 85.2 Å². The lowest BCUT2D eigenvalue weighted by atomic mass is 10.3. The van der Waals surface area contributed by atoms with Crippen molar-refractivity contribution in [3.05, 3.63) is 27.7 Å². The first kappa shape index (κ1) is 11.0. The normalized spacial score (nSPS) is 10.6. The second-order valence-corrected chi connectivity index (χ2v) is 3.21. The zero-order chi connectivity index (χ0) is 10.9. The van der Waals surface area contributed by atoms with Crippen LogP contribution in [0.15, 0.2) is 10.5 Å². The summed E-state index contributed by atoms with van der Waals surface area (Å²) in [5.41, 5.74) is 3.25.